The summed E-state index contributed by atoms with van der Waals surface area (Å²) in [5, 5.41) is 2.09. The van der Waals surface area contributed by atoms with E-state index in [2.05, 4.69) is 4.98 Å². The number of nitrogens with zero attached hydrogens (tertiary/aromatic N) is 1. The van der Waals surface area contributed by atoms with Crippen LogP contribution in [0, 0.1) is 0 Å². The van der Waals surface area contributed by atoms with Crippen molar-refractivity contribution in [2.24, 2.45) is 0 Å². The molecule has 0 N–H and O–H groups in total. The zero-order chi connectivity index (χ0) is 14.0. The fourth-order valence-corrected chi connectivity index (χ4v) is 2.00. The molecule has 0 spiro atoms. The van der Waals surface area contributed by atoms with Gasteiger partial charge in [-0.15, -0.1) is 0 Å². The molecule has 0 bridgehead atoms. The molecule has 3 heteroatoms. The minimum atomic E-state index is -0.469. The summed E-state index contributed by atoms with van der Waals surface area (Å²) < 4.78 is 5.44. The van der Waals surface area contributed by atoms with Gasteiger partial charge in [0.1, 0.15) is 5.60 Å². The Balaban J connectivity index is 2.36. The fourth-order valence-electron chi connectivity index (χ4n) is 2.00. The molecule has 0 aliphatic rings. The number of carbonyl (C=O) groups is 1. The molecule has 1 atom stereocenters. The number of carbonyl (C=O) groups excluding carboxylic acids is 1. The second kappa shape index (κ2) is 5.00. The Morgan fingerprint density at radius 2 is 1.89 bits per heavy atom. The Bertz CT molecular complexity index is 594. The molecule has 2 aromatic rings. The molecule has 2 rings (SSSR count). The Kier molecular flexibility index (Phi) is 3.56. The van der Waals surface area contributed by atoms with Gasteiger partial charge in [0.05, 0.1) is 5.92 Å². The number of benzene rings is 1. The molecule has 1 aromatic carbocycles. The summed E-state index contributed by atoms with van der Waals surface area (Å²) in [6.07, 6.45) is 3.55. The molecule has 0 radical (unpaired) electrons. The first-order chi connectivity index (χ1) is 8.88. The summed E-state index contributed by atoms with van der Waals surface area (Å²) >= 11 is 0. The molecule has 0 aliphatic heterocycles. The van der Waals surface area contributed by atoms with Crippen LogP contribution in [-0.4, -0.2) is 16.6 Å². The van der Waals surface area contributed by atoms with Crippen LogP contribution in [0.3, 0.4) is 0 Å². The van der Waals surface area contributed by atoms with Crippen molar-refractivity contribution in [1.82, 2.24) is 4.98 Å². The molecular weight excluding hydrogens is 238 g/mol. The van der Waals surface area contributed by atoms with Crippen molar-refractivity contribution in [3.8, 4) is 0 Å². The first-order valence-electron chi connectivity index (χ1n) is 6.44. The highest BCUT2D eigenvalue weighted by Crippen LogP contribution is 2.26. The van der Waals surface area contributed by atoms with Crippen LogP contribution >= 0.6 is 0 Å². The summed E-state index contributed by atoms with van der Waals surface area (Å²) in [4.78, 5) is 16.4. The molecule has 19 heavy (non-hydrogen) atoms. The number of hydrogen-bond acceptors (Lipinski definition) is 3. The molecule has 1 heterocycles. The van der Waals surface area contributed by atoms with E-state index in [-0.39, 0.29) is 11.9 Å². The van der Waals surface area contributed by atoms with Gasteiger partial charge in [0, 0.05) is 17.8 Å². The van der Waals surface area contributed by atoms with Gasteiger partial charge in [0.2, 0.25) is 0 Å². The SMILES string of the molecule is CC(C(=O)OC(C)(C)C)c1cncc2ccccc12. The summed E-state index contributed by atoms with van der Waals surface area (Å²) in [6, 6.07) is 7.93. The van der Waals surface area contributed by atoms with Gasteiger partial charge in [-0.1, -0.05) is 24.3 Å². The van der Waals surface area contributed by atoms with Gasteiger partial charge in [-0.2, -0.15) is 0 Å². The standard InChI is InChI=1S/C16H19NO2/c1-11(15(18)19-16(2,3)4)14-10-17-9-12-7-5-6-8-13(12)14/h5-11H,1-4H3. The molecule has 1 aromatic heterocycles. The Hall–Kier alpha value is -1.90. The Labute approximate surface area is 113 Å². The molecule has 1 unspecified atom stereocenters. The lowest BCUT2D eigenvalue weighted by atomic mass is 9.97. The van der Waals surface area contributed by atoms with E-state index in [1.54, 1.807) is 12.4 Å². The van der Waals surface area contributed by atoms with E-state index >= 15 is 0 Å². The van der Waals surface area contributed by atoms with Gasteiger partial charge < -0.3 is 4.74 Å². The highest BCUT2D eigenvalue weighted by molar-refractivity contribution is 5.90. The smallest absolute Gasteiger partial charge is 0.313 e. The molecule has 0 aliphatic carbocycles. The summed E-state index contributed by atoms with van der Waals surface area (Å²) in [7, 11) is 0. The first-order valence-corrected chi connectivity index (χ1v) is 6.44. The predicted molar refractivity (Wildman–Crippen MR) is 76.0 cm³/mol. The van der Waals surface area contributed by atoms with Crippen molar-refractivity contribution in [3.05, 3.63) is 42.2 Å². The third-order valence-electron chi connectivity index (χ3n) is 2.93. The molecular formula is C16H19NO2. The van der Waals surface area contributed by atoms with Crippen molar-refractivity contribution in [2.45, 2.75) is 39.2 Å². The molecule has 0 saturated heterocycles. The molecule has 0 saturated carbocycles. The van der Waals surface area contributed by atoms with E-state index in [4.69, 9.17) is 4.74 Å². The average molecular weight is 257 g/mol. The molecule has 100 valence electrons. The first kappa shape index (κ1) is 13.5. The number of pyridine rings is 1. The van der Waals surface area contributed by atoms with Gasteiger partial charge >= 0.3 is 5.97 Å². The largest absolute Gasteiger partial charge is 0.460 e. The number of aromatic nitrogens is 1. The van der Waals surface area contributed by atoms with Crippen molar-refractivity contribution in [2.75, 3.05) is 0 Å². The number of ether oxygens (including phenoxy) is 1. The maximum atomic E-state index is 12.2. The number of rotatable bonds is 2. The second-order valence-corrected chi connectivity index (χ2v) is 5.71. The minimum Gasteiger partial charge on any atom is -0.460 e. The Morgan fingerprint density at radius 3 is 2.58 bits per heavy atom. The maximum Gasteiger partial charge on any atom is 0.313 e. The molecule has 0 amide bonds. The lowest BCUT2D eigenvalue weighted by Gasteiger charge is -2.22. The number of fused-ring (bicyclic) bond motifs is 1. The van der Waals surface area contributed by atoms with Crippen LogP contribution in [0.5, 0.6) is 0 Å². The van der Waals surface area contributed by atoms with Crippen LogP contribution < -0.4 is 0 Å². The van der Waals surface area contributed by atoms with Crippen molar-refractivity contribution in [3.63, 3.8) is 0 Å². The maximum absolute atomic E-state index is 12.2. The van der Waals surface area contributed by atoms with Crippen LogP contribution in [-0.2, 0) is 9.53 Å². The van der Waals surface area contributed by atoms with Crippen LogP contribution in [0.2, 0.25) is 0 Å². The zero-order valence-electron chi connectivity index (χ0n) is 11.8. The number of esters is 1. The fraction of sp³-hybridized carbons (Fsp3) is 0.375. The lowest BCUT2D eigenvalue weighted by Crippen LogP contribution is -2.26. The topological polar surface area (TPSA) is 39.2 Å². The lowest BCUT2D eigenvalue weighted by molar-refractivity contribution is -0.156. The minimum absolute atomic E-state index is 0.217. The monoisotopic (exact) mass is 257 g/mol. The highest BCUT2D eigenvalue weighted by Gasteiger charge is 2.24. The van der Waals surface area contributed by atoms with E-state index in [1.165, 1.54) is 0 Å². The van der Waals surface area contributed by atoms with Gasteiger partial charge in [0.25, 0.3) is 0 Å². The summed E-state index contributed by atoms with van der Waals surface area (Å²) in [5.41, 5.74) is 0.441. The van der Waals surface area contributed by atoms with E-state index in [0.29, 0.717) is 0 Å². The van der Waals surface area contributed by atoms with Crippen molar-refractivity contribution >= 4 is 16.7 Å². The van der Waals surface area contributed by atoms with E-state index in [1.807, 2.05) is 52.0 Å². The van der Waals surface area contributed by atoms with Gasteiger partial charge in [0.15, 0.2) is 0 Å². The van der Waals surface area contributed by atoms with Gasteiger partial charge in [-0.05, 0) is 38.6 Å². The predicted octanol–water partition coefficient (Wildman–Crippen LogP) is 3.68. The third kappa shape index (κ3) is 3.11. The van der Waals surface area contributed by atoms with Crippen molar-refractivity contribution < 1.29 is 9.53 Å². The Morgan fingerprint density at radius 1 is 1.21 bits per heavy atom. The van der Waals surface area contributed by atoms with Crippen molar-refractivity contribution in [1.29, 1.82) is 0 Å². The second-order valence-electron chi connectivity index (χ2n) is 5.71. The number of hydrogen-bond donors (Lipinski definition) is 0. The van der Waals surface area contributed by atoms with Crippen LogP contribution in [0.1, 0.15) is 39.2 Å². The normalized spacial score (nSPS) is 13.3. The van der Waals surface area contributed by atoms with Gasteiger partial charge in [-0.3, -0.25) is 9.78 Å². The van der Waals surface area contributed by atoms with E-state index in [9.17, 15) is 4.79 Å². The van der Waals surface area contributed by atoms with Crippen LogP contribution in [0.4, 0.5) is 0 Å². The van der Waals surface area contributed by atoms with E-state index < -0.39 is 5.60 Å². The van der Waals surface area contributed by atoms with Gasteiger partial charge in [-0.25, -0.2) is 0 Å². The zero-order valence-corrected chi connectivity index (χ0v) is 11.8. The van der Waals surface area contributed by atoms with Crippen LogP contribution in [0.15, 0.2) is 36.7 Å². The van der Waals surface area contributed by atoms with Crippen LogP contribution in [0.25, 0.3) is 10.8 Å². The third-order valence-corrected chi connectivity index (χ3v) is 2.93. The van der Waals surface area contributed by atoms with E-state index in [0.717, 1.165) is 16.3 Å². The summed E-state index contributed by atoms with van der Waals surface area (Å²) in [5.74, 6) is -0.538. The molecule has 0 fully saturated rings. The molecule has 3 nitrogen and oxygen atoms in total. The summed E-state index contributed by atoms with van der Waals surface area (Å²) in [6.45, 7) is 7.48. The average Bonchev–Trinajstić information content (AvgIpc) is 2.35. The highest BCUT2D eigenvalue weighted by atomic mass is 16.6. The quantitative estimate of drug-likeness (QED) is 0.770.